The molecule has 0 spiro atoms. The van der Waals surface area contributed by atoms with E-state index >= 15 is 0 Å². The van der Waals surface area contributed by atoms with Gasteiger partial charge in [0.25, 0.3) is 5.91 Å². The Labute approximate surface area is 99.1 Å². The van der Waals surface area contributed by atoms with Gasteiger partial charge in [0.2, 0.25) is 0 Å². The number of alkyl halides is 1. The molecule has 0 heterocycles. The van der Waals surface area contributed by atoms with Gasteiger partial charge in [0, 0.05) is 18.0 Å². The highest BCUT2D eigenvalue weighted by atomic mass is 35.5. The van der Waals surface area contributed by atoms with Gasteiger partial charge < -0.3 is 5.32 Å². The quantitative estimate of drug-likeness (QED) is 0.637. The van der Waals surface area contributed by atoms with Gasteiger partial charge in [-0.2, -0.15) is 0 Å². The molecular weight excluding hydrogens is 229 g/mol. The summed E-state index contributed by atoms with van der Waals surface area (Å²) in [7, 11) is 0. The van der Waals surface area contributed by atoms with E-state index in [-0.39, 0.29) is 5.91 Å². The molecule has 0 saturated heterocycles. The van der Waals surface area contributed by atoms with E-state index in [1.54, 1.807) is 25.1 Å². The van der Waals surface area contributed by atoms with Crippen LogP contribution < -0.4 is 5.32 Å². The molecule has 1 aromatic rings. The van der Waals surface area contributed by atoms with Crippen molar-refractivity contribution in [1.82, 2.24) is 5.32 Å². The fraction of sp³-hybridized carbons (Fsp3) is 0.250. The highest BCUT2D eigenvalue weighted by Crippen LogP contribution is 2.07. The number of carbonyl (C=O) groups is 1. The molecule has 1 N–H and O–H groups in total. The molecule has 86 valence electrons. The van der Waals surface area contributed by atoms with E-state index in [4.69, 9.17) is 11.6 Å². The zero-order chi connectivity index (χ0) is 12.0. The predicted octanol–water partition coefficient (Wildman–Crippen LogP) is 2.66. The SMILES string of the molecule is Cc1cc(F)cc(C(=O)NC/C=C/CCl)c1. The molecule has 0 aliphatic heterocycles. The van der Waals surface area contributed by atoms with Gasteiger partial charge in [-0.25, -0.2) is 4.39 Å². The molecule has 0 aliphatic carbocycles. The molecule has 0 radical (unpaired) electrons. The maximum atomic E-state index is 13.0. The lowest BCUT2D eigenvalue weighted by Gasteiger charge is -2.03. The van der Waals surface area contributed by atoms with Gasteiger partial charge in [0.05, 0.1) is 0 Å². The first-order valence-electron chi connectivity index (χ1n) is 4.90. The zero-order valence-electron chi connectivity index (χ0n) is 8.97. The Morgan fingerprint density at radius 3 is 2.81 bits per heavy atom. The first-order chi connectivity index (χ1) is 7.63. The second kappa shape index (κ2) is 6.28. The third kappa shape index (κ3) is 4.03. The van der Waals surface area contributed by atoms with Crippen molar-refractivity contribution in [2.24, 2.45) is 0 Å². The largest absolute Gasteiger partial charge is 0.349 e. The van der Waals surface area contributed by atoms with Crippen LogP contribution in [0.3, 0.4) is 0 Å². The Morgan fingerprint density at radius 2 is 2.19 bits per heavy atom. The van der Waals surface area contributed by atoms with Crippen molar-refractivity contribution in [3.05, 3.63) is 47.3 Å². The summed E-state index contributed by atoms with van der Waals surface area (Å²) >= 11 is 5.43. The second-order valence-electron chi connectivity index (χ2n) is 3.35. The van der Waals surface area contributed by atoms with Crippen molar-refractivity contribution in [3.63, 3.8) is 0 Å². The lowest BCUT2D eigenvalue weighted by molar-refractivity contribution is 0.0957. The lowest BCUT2D eigenvalue weighted by Crippen LogP contribution is -2.23. The van der Waals surface area contributed by atoms with Crippen LogP contribution in [-0.2, 0) is 0 Å². The van der Waals surface area contributed by atoms with Gasteiger partial charge in [0.15, 0.2) is 0 Å². The van der Waals surface area contributed by atoms with Crippen molar-refractivity contribution in [2.45, 2.75) is 6.92 Å². The highest BCUT2D eigenvalue weighted by molar-refractivity contribution is 6.18. The highest BCUT2D eigenvalue weighted by Gasteiger charge is 2.06. The Morgan fingerprint density at radius 1 is 1.44 bits per heavy atom. The molecule has 0 fully saturated rings. The minimum absolute atomic E-state index is 0.290. The molecule has 0 aromatic heterocycles. The van der Waals surface area contributed by atoms with E-state index in [0.29, 0.717) is 18.0 Å². The third-order valence-corrected chi connectivity index (χ3v) is 2.12. The van der Waals surface area contributed by atoms with Crippen molar-refractivity contribution >= 4 is 17.5 Å². The van der Waals surface area contributed by atoms with Crippen LogP contribution in [0.5, 0.6) is 0 Å². The van der Waals surface area contributed by atoms with E-state index in [0.717, 1.165) is 5.56 Å². The van der Waals surface area contributed by atoms with Crippen LogP contribution in [0, 0.1) is 12.7 Å². The second-order valence-corrected chi connectivity index (χ2v) is 3.66. The lowest BCUT2D eigenvalue weighted by atomic mass is 10.1. The number of halogens is 2. The standard InChI is InChI=1S/C12H13ClFNO/c1-9-6-10(8-11(14)7-9)12(16)15-5-3-2-4-13/h2-3,6-8H,4-5H2,1H3,(H,15,16)/b3-2+. The molecular formula is C12H13ClFNO. The summed E-state index contributed by atoms with van der Waals surface area (Å²) < 4.78 is 13.0. The van der Waals surface area contributed by atoms with Crippen LogP contribution in [-0.4, -0.2) is 18.3 Å². The van der Waals surface area contributed by atoms with Gasteiger partial charge in [-0.3, -0.25) is 4.79 Å². The number of nitrogens with one attached hydrogen (secondary N) is 1. The minimum Gasteiger partial charge on any atom is -0.349 e. The molecule has 16 heavy (non-hydrogen) atoms. The molecule has 1 amide bonds. The number of carbonyl (C=O) groups excluding carboxylic acids is 1. The molecule has 0 saturated carbocycles. The fourth-order valence-corrected chi connectivity index (χ4v) is 1.39. The molecule has 2 nitrogen and oxygen atoms in total. The van der Waals surface area contributed by atoms with Crippen LogP contribution in [0.25, 0.3) is 0 Å². The Hall–Kier alpha value is -1.35. The van der Waals surface area contributed by atoms with Crippen molar-refractivity contribution in [3.8, 4) is 0 Å². The molecule has 0 bridgehead atoms. The summed E-state index contributed by atoms with van der Waals surface area (Å²) in [6.07, 6.45) is 3.48. The maximum absolute atomic E-state index is 13.0. The minimum atomic E-state index is -0.401. The van der Waals surface area contributed by atoms with Gasteiger partial charge in [-0.15, -0.1) is 11.6 Å². The van der Waals surface area contributed by atoms with Crippen LogP contribution in [0.2, 0.25) is 0 Å². The molecule has 0 atom stereocenters. The molecule has 0 aliphatic rings. The van der Waals surface area contributed by atoms with Crippen molar-refractivity contribution in [1.29, 1.82) is 0 Å². The number of hydrogen-bond acceptors (Lipinski definition) is 1. The Kier molecular flexibility index (Phi) is 4.99. The van der Waals surface area contributed by atoms with Gasteiger partial charge in [-0.1, -0.05) is 12.2 Å². The summed E-state index contributed by atoms with van der Waals surface area (Å²) in [4.78, 5) is 11.6. The average molecular weight is 242 g/mol. The van der Waals surface area contributed by atoms with Crippen LogP contribution in [0.15, 0.2) is 30.4 Å². The molecule has 0 unspecified atom stereocenters. The Bertz CT molecular complexity index is 384. The van der Waals surface area contributed by atoms with E-state index in [2.05, 4.69) is 5.32 Å². The van der Waals surface area contributed by atoms with E-state index < -0.39 is 5.82 Å². The van der Waals surface area contributed by atoms with Gasteiger partial charge in [-0.05, 0) is 30.7 Å². The average Bonchev–Trinajstić information content (AvgIpc) is 2.22. The molecule has 1 rings (SSSR count). The summed E-state index contributed by atoms with van der Waals surface area (Å²) in [6, 6.07) is 4.24. The number of allylic oxidation sites excluding steroid dienone is 1. The number of benzene rings is 1. The summed E-state index contributed by atoms with van der Waals surface area (Å²) in [5, 5.41) is 2.64. The van der Waals surface area contributed by atoms with E-state index in [9.17, 15) is 9.18 Å². The topological polar surface area (TPSA) is 29.1 Å². The predicted molar refractivity (Wildman–Crippen MR) is 63.3 cm³/mol. The smallest absolute Gasteiger partial charge is 0.251 e. The maximum Gasteiger partial charge on any atom is 0.251 e. The fourth-order valence-electron chi connectivity index (χ4n) is 1.27. The first-order valence-corrected chi connectivity index (χ1v) is 5.43. The van der Waals surface area contributed by atoms with Crippen LogP contribution in [0.1, 0.15) is 15.9 Å². The number of rotatable bonds is 4. The monoisotopic (exact) mass is 241 g/mol. The third-order valence-electron chi connectivity index (χ3n) is 1.94. The van der Waals surface area contributed by atoms with Gasteiger partial charge >= 0.3 is 0 Å². The van der Waals surface area contributed by atoms with Crippen LogP contribution >= 0.6 is 11.6 Å². The zero-order valence-corrected chi connectivity index (χ0v) is 9.72. The normalized spacial score (nSPS) is 10.7. The van der Waals surface area contributed by atoms with E-state index in [1.165, 1.54) is 12.1 Å². The number of amides is 1. The summed E-state index contributed by atoms with van der Waals surface area (Å²) in [6.45, 7) is 2.13. The van der Waals surface area contributed by atoms with Crippen molar-refractivity contribution in [2.75, 3.05) is 12.4 Å². The summed E-state index contributed by atoms with van der Waals surface area (Å²) in [5.41, 5.74) is 1.05. The molecule has 1 aromatic carbocycles. The number of hydrogen-bond donors (Lipinski definition) is 1. The van der Waals surface area contributed by atoms with Gasteiger partial charge in [0.1, 0.15) is 5.82 Å². The number of aryl methyl sites for hydroxylation is 1. The van der Waals surface area contributed by atoms with E-state index in [1.807, 2.05) is 0 Å². The van der Waals surface area contributed by atoms with Crippen molar-refractivity contribution < 1.29 is 9.18 Å². The summed E-state index contributed by atoms with van der Waals surface area (Å²) in [5.74, 6) is -0.280. The molecule has 4 heteroatoms. The Balaban J connectivity index is 2.62. The van der Waals surface area contributed by atoms with Crippen LogP contribution in [0.4, 0.5) is 4.39 Å². The first kappa shape index (κ1) is 12.7.